The lowest BCUT2D eigenvalue weighted by Crippen LogP contribution is -2.30. The van der Waals surface area contributed by atoms with E-state index in [1.165, 1.54) is 11.0 Å². The van der Waals surface area contributed by atoms with E-state index in [0.29, 0.717) is 18.7 Å². The Bertz CT molecular complexity index is 625. The molecule has 4 nitrogen and oxygen atoms in total. The van der Waals surface area contributed by atoms with Crippen LogP contribution in [-0.4, -0.2) is 36.1 Å². The molecule has 0 aliphatic carbocycles. The average Bonchev–Trinajstić information content (AvgIpc) is 2.49. The number of para-hydroxylation sites is 2. The molecule has 1 amide bonds. The van der Waals surface area contributed by atoms with Crippen LogP contribution in [0.15, 0.2) is 48.5 Å². The van der Waals surface area contributed by atoms with Gasteiger partial charge in [0.2, 0.25) is 0 Å². The van der Waals surface area contributed by atoms with Gasteiger partial charge < -0.3 is 14.7 Å². The molecule has 2 aromatic rings. The molecule has 0 heterocycles. The molecule has 0 atom stereocenters. The van der Waals surface area contributed by atoms with Gasteiger partial charge >= 0.3 is 0 Å². The van der Waals surface area contributed by atoms with E-state index < -0.39 is 0 Å². The molecule has 0 bridgehead atoms. The first-order valence-corrected chi connectivity index (χ1v) is 6.81. The Hall–Kier alpha value is -2.49. The van der Waals surface area contributed by atoms with Gasteiger partial charge in [-0.15, -0.1) is 0 Å². The summed E-state index contributed by atoms with van der Waals surface area (Å²) in [7, 11) is 1.69. The van der Waals surface area contributed by atoms with Crippen LogP contribution in [0.25, 0.3) is 0 Å². The SMILES string of the molecule is Cc1ccccc1OCCN(C)C(=O)c1ccccc1O. The fraction of sp³-hybridized carbons (Fsp3) is 0.235. The van der Waals surface area contributed by atoms with Gasteiger partial charge in [-0.25, -0.2) is 0 Å². The van der Waals surface area contributed by atoms with Crippen molar-refractivity contribution in [3.05, 3.63) is 59.7 Å². The highest BCUT2D eigenvalue weighted by molar-refractivity contribution is 5.96. The Kier molecular flexibility index (Phi) is 4.82. The zero-order valence-electron chi connectivity index (χ0n) is 12.2. The second kappa shape index (κ2) is 6.79. The van der Waals surface area contributed by atoms with E-state index in [4.69, 9.17) is 4.74 Å². The third-order valence-electron chi connectivity index (χ3n) is 3.26. The largest absolute Gasteiger partial charge is 0.507 e. The molecule has 21 heavy (non-hydrogen) atoms. The van der Waals surface area contributed by atoms with Gasteiger partial charge in [0.15, 0.2) is 0 Å². The number of amides is 1. The number of hydrogen-bond donors (Lipinski definition) is 1. The standard InChI is InChI=1S/C17H19NO3/c1-13-7-3-6-10-16(13)21-12-11-18(2)17(20)14-8-4-5-9-15(14)19/h3-10,19H,11-12H2,1-2H3. The first kappa shape index (κ1) is 14.9. The van der Waals surface area contributed by atoms with E-state index in [1.807, 2.05) is 31.2 Å². The van der Waals surface area contributed by atoms with Gasteiger partial charge in [-0.05, 0) is 30.7 Å². The van der Waals surface area contributed by atoms with Crippen molar-refractivity contribution >= 4 is 5.91 Å². The molecular weight excluding hydrogens is 266 g/mol. The molecule has 2 aromatic carbocycles. The normalized spacial score (nSPS) is 10.2. The zero-order valence-corrected chi connectivity index (χ0v) is 12.2. The van der Waals surface area contributed by atoms with Crippen molar-refractivity contribution in [2.45, 2.75) is 6.92 Å². The van der Waals surface area contributed by atoms with Crippen LogP contribution in [0.2, 0.25) is 0 Å². The minimum Gasteiger partial charge on any atom is -0.507 e. The van der Waals surface area contributed by atoms with Gasteiger partial charge in [-0.3, -0.25) is 4.79 Å². The van der Waals surface area contributed by atoms with E-state index in [-0.39, 0.29) is 11.7 Å². The Morgan fingerprint density at radius 3 is 2.52 bits per heavy atom. The van der Waals surface area contributed by atoms with Crippen molar-refractivity contribution < 1.29 is 14.6 Å². The minimum atomic E-state index is -0.221. The maximum atomic E-state index is 12.2. The molecule has 0 aliphatic rings. The highest BCUT2D eigenvalue weighted by Crippen LogP contribution is 2.18. The molecule has 1 N–H and O–H groups in total. The first-order valence-electron chi connectivity index (χ1n) is 6.81. The summed E-state index contributed by atoms with van der Waals surface area (Å²) in [5.41, 5.74) is 1.36. The second-order valence-corrected chi connectivity index (χ2v) is 4.86. The number of benzene rings is 2. The Labute approximate surface area is 124 Å². The maximum absolute atomic E-state index is 12.2. The number of ether oxygens (including phenoxy) is 1. The number of phenolic OH excluding ortho intramolecular Hbond substituents is 1. The van der Waals surface area contributed by atoms with Crippen LogP contribution in [-0.2, 0) is 0 Å². The summed E-state index contributed by atoms with van der Waals surface area (Å²) in [6.45, 7) is 2.83. The molecule has 0 aliphatic heterocycles. The topological polar surface area (TPSA) is 49.8 Å². The number of aromatic hydroxyl groups is 1. The average molecular weight is 285 g/mol. The minimum absolute atomic E-state index is 0.00540. The number of carbonyl (C=O) groups excluding carboxylic acids is 1. The fourth-order valence-corrected chi connectivity index (χ4v) is 1.97. The molecule has 0 spiro atoms. The fourth-order valence-electron chi connectivity index (χ4n) is 1.97. The van der Waals surface area contributed by atoms with E-state index in [0.717, 1.165) is 11.3 Å². The lowest BCUT2D eigenvalue weighted by Gasteiger charge is -2.18. The number of aryl methyl sites for hydroxylation is 1. The monoisotopic (exact) mass is 285 g/mol. The molecule has 110 valence electrons. The highest BCUT2D eigenvalue weighted by Gasteiger charge is 2.15. The third kappa shape index (κ3) is 3.75. The van der Waals surface area contributed by atoms with Crippen LogP contribution >= 0.6 is 0 Å². The molecular formula is C17H19NO3. The summed E-state index contributed by atoms with van der Waals surface area (Å²) in [5.74, 6) is 0.594. The van der Waals surface area contributed by atoms with E-state index in [1.54, 1.807) is 25.2 Å². The van der Waals surface area contributed by atoms with Gasteiger partial charge in [-0.2, -0.15) is 0 Å². The smallest absolute Gasteiger partial charge is 0.257 e. The molecule has 0 saturated carbocycles. The maximum Gasteiger partial charge on any atom is 0.257 e. The number of rotatable bonds is 5. The van der Waals surface area contributed by atoms with Crippen LogP contribution in [0, 0.1) is 6.92 Å². The Balaban J connectivity index is 1.90. The predicted octanol–water partition coefficient (Wildman–Crippen LogP) is 2.85. The molecule has 4 heteroatoms. The van der Waals surface area contributed by atoms with Crippen molar-refractivity contribution in [3.63, 3.8) is 0 Å². The lowest BCUT2D eigenvalue weighted by molar-refractivity contribution is 0.0770. The summed E-state index contributed by atoms with van der Waals surface area (Å²) in [4.78, 5) is 13.7. The Morgan fingerprint density at radius 1 is 1.14 bits per heavy atom. The number of nitrogens with zero attached hydrogens (tertiary/aromatic N) is 1. The molecule has 0 radical (unpaired) electrons. The van der Waals surface area contributed by atoms with Gasteiger partial charge in [0.25, 0.3) is 5.91 Å². The van der Waals surface area contributed by atoms with Gasteiger partial charge in [0.1, 0.15) is 18.1 Å². The zero-order chi connectivity index (χ0) is 15.2. The van der Waals surface area contributed by atoms with Crippen molar-refractivity contribution in [3.8, 4) is 11.5 Å². The predicted molar refractivity (Wildman–Crippen MR) is 81.7 cm³/mol. The van der Waals surface area contributed by atoms with E-state index in [9.17, 15) is 9.90 Å². The van der Waals surface area contributed by atoms with Crippen LogP contribution < -0.4 is 4.74 Å². The quantitative estimate of drug-likeness (QED) is 0.919. The summed E-state index contributed by atoms with van der Waals surface area (Å²) < 4.78 is 5.67. The Morgan fingerprint density at radius 2 is 1.81 bits per heavy atom. The van der Waals surface area contributed by atoms with Crippen molar-refractivity contribution in [2.75, 3.05) is 20.2 Å². The second-order valence-electron chi connectivity index (χ2n) is 4.86. The molecule has 0 saturated heterocycles. The summed E-state index contributed by atoms with van der Waals surface area (Å²) in [5, 5.41) is 9.69. The molecule has 0 aromatic heterocycles. The van der Waals surface area contributed by atoms with Gasteiger partial charge in [-0.1, -0.05) is 30.3 Å². The van der Waals surface area contributed by atoms with Crippen molar-refractivity contribution in [1.82, 2.24) is 4.90 Å². The molecule has 2 rings (SSSR count). The van der Waals surface area contributed by atoms with E-state index >= 15 is 0 Å². The summed E-state index contributed by atoms with van der Waals surface area (Å²) in [6, 6.07) is 14.3. The van der Waals surface area contributed by atoms with Crippen LogP contribution in [0.5, 0.6) is 11.5 Å². The van der Waals surface area contributed by atoms with E-state index in [2.05, 4.69) is 0 Å². The van der Waals surface area contributed by atoms with Crippen molar-refractivity contribution in [2.24, 2.45) is 0 Å². The van der Waals surface area contributed by atoms with Crippen LogP contribution in [0.3, 0.4) is 0 Å². The van der Waals surface area contributed by atoms with Gasteiger partial charge in [0, 0.05) is 7.05 Å². The van der Waals surface area contributed by atoms with Crippen LogP contribution in [0.4, 0.5) is 0 Å². The summed E-state index contributed by atoms with van der Waals surface area (Å²) in [6.07, 6.45) is 0. The number of phenols is 1. The number of hydrogen-bond acceptors (Lipinski definition) is 3. The van der Waals surface area contributed by atoms with Gasteiger partial charge in [0.05, 0.1) is 12.1 Å². The lowest BCUT2D eigenvalue weighted by atomic mass is 10.2. The van der Waals surface area contributed by atoms with Crippen molar-refractivity contribution in [1.29, 1.82) is 0 Å². The highest BCUT2D eigenvalue weighted by atomic mass is 16.5. The van der Waals surface area contributed by atoms with Crippen LogP contribution in [0.1, 0.15) is 15.9 Å². The summed E-state index contributed by atoms with van der Waals surface area (Å²) >= 11 is 0. The molecule has 0 unspecified atom stereocenters. The third-order valence-corrected chi connectivity index (χ3v) is 3.26. The number of likely N-dealkylation sites (N-methyl/N-ethyl adjacent to an activating group) is 1. The molecule has 0 fully saturated rings. The first-order chi connectivity index (χ1) is 10.1. The number of carbonyl (C=O) groups is 1.